The molecule has 1 saturated heterocycles. The third kappa shape index (κ3) is 2.68. The summed E-state index contributed by atoms with van der Waals surface area (Å²) in [6, 6.07) is 1.45. The molecule has 2 rings (SSSR count). The normalized spacial score (nSPS) is 19.7. The Bertz CT molecular complexity index is 616. The van der Waals surface area contributed by atoms with Gasteiger partial charge in [-0.2, -0.15) is 4.31 Å². The SMILES string of the molecule is Cc1cc(S(=O)(=O)N2CCC(C)(C)C2)sc1C(=O)O. The maximum absolute atomic E-state index is 12.5. The first-order chi connectivity index (χ1) is 8.63. The first-order valence-corrected chi connectivity index (χ1v) is 8.23. The highest BCUT2D eigenvalue weighted by Gasteiger charge is 2.38. The van der Waals surface area contributed by atoms with Crippen molar-refractivity contribution in [1.29, 1.82) is 0 Å². The average molecular weight is 303 g/mol. The molecule has 0 atom stereocenters. The number of hydrogen-bond donors (Lipinski definition) is 1. The molecule has 0 aliphatic carbocycles. The molecule has 106 valence electrons. The zero-order valence-corrected chi connectivity index (χ0v) is 12.8. The molecule has 0 aromatic carbocycles. The van der Waals surface area contributed by atoms with Gasteiger partial charge in [0.25, 0.3) is 10.0 Å². The van der Waals surface area contributed by atoms with Crippen LogP contribution in [0.25, 0.3) is 0 Å². The minimum atomic E-state index is -3.56. The molecule has 1 N–H and O–H groups in total. The van der Waals surface area contributed by atoms with Gasteiger partial charge >= 0.3 is 5.97 Å². The van der Waals surface area contributed by atoms with Crippen LogP contribution >= 0.6 is 11.3 Å². The zero-order chi connectivity index (χ0) is 14.4. The molecule has 0 bridgehead atoms. The van der Waals surface area contributed by atoms with Crippen molar-refractivity contribution >= 4 is 27.3 Å². The first kappa shape index (κ1) is 14.5. The summed E-state index contributed by atoms with van der Waals surface area (Å²) in [4.78, 5) is 11.1. The molecule has 0 spiro atoms. The van der Waals surface area contributed by atoms with Gasteiger partial charge in [-0.1, -0.05) is 13.8 Å². The van der Waals surface area contributed by atoms with Crippen LogP contribution in [0.1, 0.15) is 35.5 Å². The third-order valence-corrected chi connectivity index (χ3v) is 6.85. The molecule has 1 aliphatic heterocycles. The molecule has 1 aromatic heterocycles. The topological polar surface area (TPSA) is 74.7 Å². The van der Waals surface area contributed by atoms with Gasteiger partial charge in [0.15, 0.2) is 0 Å². The van der Waals surface area contributed by atoms with Gasteiger partial charge < -0.3 is 5.11 Å². The summed E-state index contributed by atoms with van der Waals surface area (Å²) in [5.74, 6) is -1.08. The van der Waals surface area contributed by atoms with Crippen molar-refractivity contribution in [3.8, 4) is 0 Å². The number of rotatable bonds is 3. The fourth-order valence-electron chi connectivity index (χ4n) is 2.19. The fraction of sp³-hybridized carbons (Fsp3) is 0.583. The summed E-state index contributed by atoms with van der Waals surface area (Å²) < 4.78 is 26.5. The lowest BCUT2D eigenvalue weighted by atomic mass is 9.93. The molecule has 1 fully saturated rings. The number of carbonyl (C=O) groups is 1. The van der Waals surface area contributed by atoms with Crippen molar-refractivity contribution in [1.82, 2.24) is 4.31 Å². The van der Waals surface area contributed by atoms with E-state index in [1.165, 1.54) is 10.4 Å². The number of hydrogen-bond acceptors (Lipinski definition) is 4. The average Bonchev–Trinajstić information content (AvgIpc) is 2.82. The monoisotopic (exact) mass is 303 g/mol. The van der Waals surface area contributed by atoms with E-state index in [9.17, 15) is 13.2 Å². The molecule has 0 amide bonds. The Labute approximate surface area is 116 Å². The van der Waals surface area contributed by atoms with E-state index >= 15 is 0 Å². The molecule has 2 heterocycles. The van der Waals surface area contributed by atoms with Gasteiger partial charge in [0.2, 0.25) is 0 Å². The van der Waals surface area contributed by atoms with Gasteiger partial charge in [-0.05, 0) is 30.4 Å². The van der Waals surface area contributed by atoms with E-state index in [-0.39, 0.29) is 14.5 Å². The second-order valence-corrected chi connectivity index (χ2v) is 8.85. The molecule has 1 aromatic rings. The molecule has 5 nitrogen and oxygen atoms in total. The number of nitrogens with zero attached hydrogens (tertiary/aromatic N) is 1. The van der Waals surface area contributed by atoms with Crippen LogP contribution in [-0.4, -0.2) is 36.9 Å². The maximum atomic E-state index is 12.5. The minimum absolute atomic E-state index is 0.0188. The fourth-order valence-corrected chi connectivity index (χ4v) is 5.35. The van der Waals surface area contributed by atoms with Crippen LogP contribution < -0.4 is 0 Å². The van der Waals surface area contributed by atoms with Crippen LogP contribution in [0, 0.1) is 12.3 Å². The highest BCUT2D eigenvalue weighted by molar-refractivity contribution is 7.91. The van der Waals surface area contributed by atoms with Gasteiger partial charge in [-0.3, -0.25) is 0 Å². The van der Waals surface area contributed by atoms with Gasteiger partial charge in [-0.25, -0.2) is 13.2 Å². The lowest BCUT2D eigenvalue weighted by molar-refractivity contribution is 0.0701. The van der Waals surface area contributed by atoms with E-state index in [2.05, 4.69) is 0 Å². The lowest BCUT2D eigenvalue weighted by Gasteiger charge is -2.18. The predicted molar refractivity (Wildman–Crippen MR) is 73.2 cm³/mol. The van der Waals surface area contributed by atoms with E-state index in [0.29, 0.717) is 18.7 Å². The van der Waals surface area contributed by atoms with E-state index in [1.54, 1.807) is 6.92 Å². The molecule has 19 heavy (non-hydrogen) atoms. The van der Waals surface area contributed by atoms with E-state index < -0.39 is 16.0 Å². The van der Waals surface area contributed by atoms with Gasteiger partial charge in [-0.15, -0.1) is 11.3 Å². The summed E-state index contributed by atoms with van der Waals surface area (Å²) in [5.41, 5.74) is 0.476. The lowest BCUT2D eigenvalue weighted by Crippen LogP contribution is -2.29. The number of carboxylic acid groups (broad SMARTS) is 1. The van der Waals surface area contributed by atoms with Crippen LogP contribution in [0.4, 0.5) is 0 Å². The highest BCUT2D eigenvalue weighted by Crippen LogP contribution is 2.35. The second kappa shape index (κ2) is 4.57. The molecule has 1 aliphatic rings. The minimum Gasteiger partial charge on any atom is -0.477 e. The van der Waals surface area contributed by atoms with Crippen molar-refractivity contribution in [2.45, 2.75) is 31.4 Å². The van der Waals surface area contributed by atoms with Crippen molar-refractivity contribution in [2.24, 2.45) is 5.41 Å². The molecule has 7 heteroatoms. The Morgan fingerprint density at radius 2 is 2.11 bits per heavy atom. The van der Waals surface area contributed by atoms with Crippen LogP contribution in [0.3, 0.4) is 0 Å². The Morgan fingerprint density at radius 3 is 2.53 bits per heavy atom. The van der Waals surface area contributed by atoms with Gasteiger partial charge in [0.05, 0.1) is 0 Å². The van der Waals surface area contributed by atoms with Crippen LogP contribution in [-0.2, 0) is 10.0 Å². The van der Waals surface area contributed by atoms with E-state index in [0.717, 1.165) is 17.8 Å². The summed E-state index contributed by atoms with van der Waals surface area (Å²) in [5, 5.41) is 9.00. The standard InChI is InChI=1S/C12H17NO4S2/c1-8-6-9(18-10(8)11(14)15)19(16,17)13-5-4-12(2,3)7-13/h6H,4-5,7H2,1-3H3,(H,14,15). The van der Waals surface area contributed by atoms with Crippen LogP contribution in [0.15, 0.2) is 10.3 Å². The molecule has 0 saturated carbocycles. The summed E-state index contributed by atoms with van der Waals surface area (Å²) >= 11 is 0.832. The van der Waals surface area contributed by atoms with Crippen LogP contribution in [0.2, 0.25) is 0 Å². The molecular formula is C12H17NO4S2. The van der Waals surface area contributed by atoms with Crippen molar-refractivity contribution < 1.29 is 18.3 Å². The Balaban J connectivity index is 2.36. The Kier molecular flexibility index (Phi) is 3.49. The van der Waals surface area contributed by atoms with Crippen molar-refractivity contribution in [3.05, 3.63) is 16.5 Å². The number of carboxylic acids is 1. The summed E-state index contributed by atoms with van der Waals surface area (Å²) in [7, 11) is -3.56. The number of aromatic carboxylic acids is 1. The molecular weight excluding hydrogens is 286 g/mol. The van der Waals surface area contributed by atoms with Gasteiger partial charge in [0.1, 0.15) is 9.09 Å². The Hall–Kier alpha value is -0.920. The number of thiophene rings is 1. The molecule has 0 unspecified atom stereocenters. The zero-order valence-electron chi connectivity index (χ0n) is 11.1. The van der Waals surface area contributed by atoms with Crippen molar-refractivity contribution in [2.75, 3.05) is 13.1 Å². The third-order valence-electron chi connectivity index (χ3n) is 3.33. The largest absolute Gasteiger partial charge is 0.477 e. The number of aryl methyl sites for hydroxylation is 1. The highest BCUT2D eigenvalue weighted by atomic mass is 32.2. The van der Waals surface area contributed by atoms with Crippen LogP contribution in [0.5, 0.6) is 0 Å². The first-order valence-electron chi connectivity index (χ1n) is 5.97. The van der Waals surface area contributed by atoms with Crippen molar-refractivity contribution in [3.63, 3.8) is 0 Å². The van der Waals surface area contributed by atoms with E-state index in [1.807, 2.05) is 13.8 Å². The smallest absolute Gasteiger partial charge is 0.346 e. The number of sulfonamides is 1. The second-order valence-electron chi connectivity index (χ2n) is 5.64. The molecule has 0 radical (unpaired) electrons. The summed E-state index contributed by atoms with van der Waals surface area (Å²) in [6.45, 7) is 6.66. The maximum Gasteiger partial charge on any atom is 0.346 e. The predicted octanol–water partition coefficient (Wildman–Crippen LogP) is 2.18. The van der Waals surface area contributed by atoms with Gasteiger partial charge in [0, 0.05) is 13.1 Å². The summed E-state index contributed by atoms with van der Waals surface area (Å²) in [6.07, 6.45) is 0.822. The Morgan fingerprint density at radius 1 is 1.47 bits per heavy atom. The van der Waals surface area contributed by atoms with E-state index in [4.69, 9.17) is 5.11 Å². The quantitative estimate of drug-likeness (QED) is 0.928.